The minimum atomic E-state index is -0.0527. The summed E-state index contributed by atoms with van der Waals surface area (Å²) in [5.41, 5.74) is 8.36. The summed E-state index contributed by atoms with van der Waals surface area (Å²) < 4.78 is 1.93. The Labute approximate surface area is 138 Å². The monoisotopic (exact) mass is 313 g/mol. The van der Waals surface area contributed by atoms with E-state index in [1.54, 1.807) is 0 Å². The topological polar surface area (TPSA) is 69.1 Å². The third kappa shape index (κ3) is 4.38. The van der Waals surface area contributed by atoms with Gasteiger partial charge in [0.15, 0.2) is 0 Å². The van der Waals surface area contributed by atoms with E-state index in [1.807, 2.05) is 10.9 Å². The molecule has 0 radical (unpaired) electrons. The molecule has 5 heteroatoms. The Balaban J connectivity index is 1.57. The maximum absolute atomic E-state index is 6.01. The van der Waals surface area contributed by atoms with Crippen molar-refractivity contribution in [2.45, 2.75) is 52.2 Å². The summed E-state index contributed by atoms with van der Waals surface area (Å²) in [7, 11) is 0. The van der Waals surface area contributed by atoms with Crippen molar-refractivity contribution < 1.29 is 0 Å². The molecule has 0 saturated heterocycles. The zero-order chi connectivity index (χ0) is 16.2. The van der Waals surface area contributed by atoms with Crippen LogP contribution in [0.4, 0.5) is 0 Å². The standard InChI is InChI=1S/C18H27N5/c1-13-3-6-15(7-4-13)11-23-12-17(21-22-23)9-16-8-5-14(2)18(19)20-10-16/h3,6-7,10,12-14,16,18H,4-5,8-9,11,19H2,1-2H3. The van der Waals surface area contributed by atoms with Crippen LogP contribution < -0.4 is 5.73 Å². The molecule has 0 spiro atoms. The van der Waals surface area contributed by atoms with Crippen LogP contribution in [-0.4, -0.2) is 27.4 Å². The summed E-state index contributed by atoms with van der Waals surface area (Å²) in [5.74, 6) is 1.53. The first-order chi connectivity index (χ1) is 11.1. The Morgan fingerprint density at radius 1 is 1.30 bits per heavy atom. The van der Waals surface area contributed by atoms with E-state index in [0.29, 0.717) is 17.8 Å². The van der Waals surface area contributed by atoms with Gasteiger partial charge in [-0.2, -0.15) is 0 Å². The van der Waals surface area contributed by atoms with Crippen LogP contribution in [0.5, 0.6) is 0 Å². The van der Waals surface area contributed by atoms with E-state index < -0.39 is 0 Å². The zero-order valence-corrected chi connectivity index (χ0v) is 14.1. The van der Waals surface area contributed by atoms with Gasteiger partial charge in [0.05, 0.1) is 18.4 Å². The molecule has 1 aromatic rings. The molecule has 3 rings (SSSR count). The molecule has 4 unspecified atom stereocenters. The van der Waals surface area contributed by atoms with Gasteiger partial charge in [-0.3, -0.25) is 4.99 Å². The van der Waals surface area contributed by atoms with E-state index in [-0.39, 0.29) is 6.17 Å². The van der Waals surface area contributed by atoms with Gasteiger partial charge < -0.3 is 5.73 Å². The van der Waals surface area contributed by atoms with Gasteiger partial charge in [0, 0.05) is 18.8 Å². The first kappa shape index (κ1) is 16.1. The SMILES string of the molecule is CC1C=CC(Cn2cc(CC3C=NC(N)C(C)CC3)nn2)=CC1. The predicted molar refractivity (Wildman–Crippen MR) is 93.1 cm³/mol. The number of hydrogen-bond donors (Lipinski definition) is 1. The van der Waals surface area contributed by atoms with Crippen LogP contribution in [0.2, 0.25) is 0 Å². The molecular formula is C18H27N5. The van der Waals surface area contributed by atoms with Crippen molar-refractivity contribution in [1.82, 2.24) is 15.0 Å². The number of rotatable bonds is 4. The van der Waals surface area contributed by atoms with Gasteiger partial charge in [-0.1, -0.05) is 37.3 Å². The highest BCUT2D eigenvalue weighted by molar-refractivity contribution is 5.61. The molecular weight excluding hydrogens is 286 g/mol. The smallest absolute Gasteiger partial charge is 0.0991 e. The van der Waals surface area contributed by atoms with Crippen LogP contribution in [0.15, 0.2) is 35.0 Å². The van der Waals surface area contributed by atoms with Gasteiger partial charge in [-0.15, -0.1) is 5.10 Å². The molecule has 1 aliphatic carbocycles. The summed E-state index contributed by atoms with van der Waals surface area (Å²) >= 11 is 0. The third-order valence-electron chi connectivity index (χ3n) is 4.84. The molecule has 5 nitrogen and oxygen atoms in total. The normalized spacial score (nSPS) is 31.0. The van der Waals surface area contributed by atoms with Gasteiger partial charge in [-0.05, 0) is 42.6 Å². The number of aliphatic imine (C=N–C) groups is 1. The Kier molecular flexibility index (Phi) is 5.06. The van der Waals surface area contributed by atoms with Crippen molar-refractivity contribution in [1.29, 1.82) is 0 Å². The lowest BCUT2D eigenvalue weighted by Crippen LogP contribution is -2.24. The fourth-order valence-corrected chi connectivity index (χ4v) is 3.10. The number of hydrogen-bond acceptors (Lipinski definition) is 4. The Morgan fingerprint density at radius 3 is 2.96 bits per heavy atom. The highest BCUT2D eigenvalue weighted by atomic mass is 15.4. The summed E-state index contributed by atoms with van der Waals surface area (Å²) in [5, 5.41) is 8.60. The minimum absolute atomic E-state index is 0.0527. The van der Waals surface area contributed by atoms with E-state index in [2.05, 4.69) is 53.6 Å². The average Bonchev–Trinajstić information content (AvgIpc) is 2.91. The van der Waals surface area contributed by atoms with Gasteiger partial charge in [-0.25, -0.2) is 4.68 Å². The quantitative estimate of drug-likeness (QED) is 0.929. The molecule has 0 fully saturated rings. The largest absolute Gasteiger partial charge is 0.310 e. The minimum Gasteiger partial charge on any atom is -0.310 e. The lowest BCUT2D eigenvalue weighted by molar-refractivity contribution is 0.422. The average molecular weight is 313 g/mol. The maximum Gasteiger partial charge on any atom is 0.0991 e. The van der Waals surface area contributed by atoms with Crippen LogP contribution >= 0.6 is 0 Å². The van der Waals surface area contributed by atoms with Crippen LogP contribution in [0, 0.1) is 17.8 Å². The molecule has 2 aliphatic rings. The second kappa shape index (κ2) is 7.21. The first-order valence-corrected chi connectivity index (χ1v) is 8.65. The van der Waals surface area contributed by atoms with Crippen molar-refractivity contribution in [2.24, 2.45) is 28.5 Å². The summed E-state index contributed by atoms with van der Waals surface area (Å²) in [6.45, 7) is 5.21. The second-order valence-corrected chi connectivity index (χ2v) is 7.07. The number of allylic oxidation sites excluding steroid dienone is 4. The van der Waals surface area contributed by atoms with Crippen LogP contribution in [0.1, 0.15) is 38.8 Å². The molecule has 0 aromatic carbocycles. The first-order valence-electron chi connectivity index (χ1n) is 8.65. The molecule has 1 aromatic heterocycles. The third-order valence-corrected chi connectivity index (χ3v) is 4.84. The molecule has 124 valence electrons. The fourth-order valence-electron chi connectivity index (χ4n) is 3.10. The van der Waals surface area contributed by atoms with Crippen molar-refractivity contribution >= 4 is 6.21 Å². The lowest BCUT2D eigenvalue weighted by atomic mass is 9.95. The molecule has 0 bridgehead atoms. The van der Waals surface area contributed by atoms with Gasteiger partial charge in [0.25, 0.3) is 0 Å². The number of nitrogens with two attached hydrogens (primary N) is 1. The van der Waals surface area contributed by atoms with E-state index in [0.717, 1.165) is 37.9 Å². The highest BCUT2D eigenvalue weighted by Gasteiger charge is 2.19. The summed E-state index contributed by atoms with van der Waals surface area (Å²) in [6, 6.07) is 0. The highest BCUT2D eigenvalue weighted by Crippen LogP contribution is 2.21. The van der Waals surface area contributed by atoms with Crippen LogP contribution in [0.3, 0.4) is 0 Å². The zero-order valence-electron chi connectivity index (χ0n) is 14.1. The van der Waals surface area contributed by atoms with E-state index in [4.69, 9.17) is 5.73 Å². The van der Waals surface area contributed by atoms with Crippen molar-refractivity contribution in [3.8, 4) is 0 Å². The second-order valence-electron chi connectivity index (χ2n) is 7.07. The van der Waals surface area contributed by atoms with E-state index in [1.165, 1.54) is 5.57 Å². The molecule has 0 saturated carbocycles. The molecule has 2 heterocycles. The predicted octanol–water partition coefficient (Wildman–Crippen LogP) is 2.74. The number of nitrogens with zero attached hydrogens (tertiary/aromatic N) is 4. The van der Waals surface area contributed by atoms with Crippen LogP contribution in [-0.2, 0) is 13.0 Å². The van der Waals surface area contributed by atoms with Gasteiger partial charge in [0.2, 0.25) is 0 Å². The van der Waals surface area contributed by atoms with Gasteiger partial charge >= 0.3 is 0 Å². The molecule has 0 amide bonds. The van der Waals surface area contributed by atoms with Crippen LogP contribution in [0.25, 0.3) is 0 Å². The lowest BCUT2D eigenvalue weighted by Gasteiger charge is -2.12. The Hall–Kier alpha value is -1.75. The van der Waals surface area contributed by atoms with E-state index in [9.17, 15) is 0 Å². The summed E-state index contributed by atoms with van der Waals surface area (Å²) in [4.78, 5) is 4.47. The molecule has 2 N–H and O–H groups in total. The Morgan fingerprint density at radius 2 is 2.17 bits per heavy atom. The molecule has 1 aliphatic heterocycles. The molecule has 4 atom stereocenters. The van der Waals surface area contributed by atoms with Gasteiger partial charge in [0.1, 0.15) is 0 Å². The number of aromatic nitrogens is 3. The molecule has 23 heavy (non-hydrogen) atoms. The fraction of sp³-hybridized carbons (Fsp3) is 0.611. The van der Waals surface area contributed by atoms with Crippen molar-refractivity contribution in [2.75, 3.05) is 0 Å². The Bertz CT molecular complexity index is 613. The maximum atomic E-state index is 6.01. The van der Waals surface area contributed by atoms with E-state index >= 15 is 0 Å². The van der Waals surface area contributed by atoms with Crippen molar-refractivity contribution in [3.63, 3.8) is 0 Å². The van der Waals surface area contributed by atoms with Crippen molar-refractivity contribution in [3.05, 3.63) is 35.7 Å². The summed E-state index contributed by atoms with van der Waals surface area (Å²) in [6.07, 6.45) is 15.1.